The number of thioether (sulfide) groups is 1. The molecule has 2 aromatic rings. The number of aromatic nitrogens is 2. The lowest BCUT2D eigenvalue weighted by Crippen LogP contribution is -2.25. The average molecular weight is 410 g/mol. The van der Waals surface area contributed by atoms with Crippen LogP contribution in [0.1, 0.15) is 50.8 Å². The smallest absolute Gasteiger partial charge is 0.261 e. The Balaban J connectivity index is 1.53. The summed E-state index contributed by atoms with van der Waals surface area (Å²) in [5.41, 5.74) is 0.250. The van der Waals surface area contributed by atoms with Crippen molar-refractivity contribution in [2.24, 2.45) is 0 Å². The van der Waals surface area contributed by atoms with E-state index in [9.17, 15) is 18.7 Å². The minimum atomic E-state index is -0.938. The van der Waals surface area contributed by atoms with Crippen molar-refractivity contribution >= 4 is 28.4 Å². The van der Waals surface area contributed by atoms with E-state index in [0.717, 1.165) is 32.1 Å². The zero-order chi connectivity index (χ0) is 19.7. The first kappa shape index (κ1) is 19.6. The van der Waals surface area contributed by atoms with Gasteiger partial charge in [-0.05, 0) is 57.1 Å². The number of benzene rings is 1. The number of fused-ring (bicyclic) bond motifs is 1. The Morgan fingerprint density at radius 2 is 2.00 bits per heavy atom. The average Bonchev–Trinajstić information content (AvgIpc) is 3.05. The highest BCUT2D eigenvalue weighted by molar-refractivity contribution is 7.99. The van der Waals surface area contributed by atoms with E-state index in [0.29, 0.717) is 35.4 Å². The van der Waals surface area contributed by atoms with Crippen LogP contribution in [0.3, 0.4) is 0 Å². The van der Waals surface area contributed by atoms with Gasteiger partial charge in [0.25, 0.3) is 5.56 Å². The fourth-order valence-corrected chi connectivity index (χ4v) is 5.26. The van der Waals surface area contributed by atoms with Crippen LogP contribution < -0.4 is 10.9 Å². The van der Waals surface area contributed by atoms with Crippen molar-refractivity contribution in [3.05, 3.63) is 34.1 Å². The molecule has 0 aliphatic heterocycles. The topological polar surface area (TPSA) is 78.0 Å². The molecule has 152 valence electrons. The number of nitrogens with zero attached hydrogens (tertiary/aromatic N) is 1. The molecule has 0 saturated heterocycles. The van der Waals surface area contributed by atoms with Crippen LogP contribution in [0.4, 0.5) is 14.5 Å². The van der Waals surface area contributed by atoms with Crippen molar-refractivity contribution in [2.45, 2.75) is 74.3 Å². The zero-order valence-corrected chi connectivity index (χ0v) is 16.4. The minimum Gasteiger partial charge on any atom is -0.393 e. The van der Waals surface area contributed by atoms with E-state index < -0.39 is 17.5 Å². The Kier molecular flexibility index (Phi) is 5.87. The first-order valence-electron chi connectivity index (χ1n) is 9.92. The van der Waals surface area contributed by atoms with Gasteiger partial charge < -0.3 is 15.4 Å². The van der Waals surface area contributed by atoms with Crippen LogP contribution in [0.25, 0.3) is 10.9 Å². The number of anilines is 1. The second-order valence-electron chi connectivity index (χ2n) is 7.80. The van der Waals surface area contributed by atoms with Gasteiger partial charge in [-0.1, -0.05) is 0 Å². The number of H-pyrrole nitrogens is 1. The number of hydrogen-bond acceptors (Lipinski definition) is 5. The van der Waals surface area contributed by atoms with Crippen LogP contribution in [0, 0.1) is 5.82 Å². The predicted molar refractivity (Wildman–Crippen MR) is 108 cm³/mol. The van der Waals surface area contributed by atoms with Gasteiger partial charge in [0.15, 0.2) is 0 Å². The summed E-state index contributed by atoms with van der Waals surface area (Å²) in [7, 11) is 0. The highest BCUT2D eigenvalue weighted by Gasteiger charge is 2.27. The van der Waals surface area contributed by atoms with Crippen LogP contribution in [0.15, 0.2) is 16.9 Å². The third-order valence-electron chi connectivity index (χ3n) is 5.69. The lowest BCUT2D eigenvalue weighted by Gasteiger charge is -2.24. The molecule has 1 heterocycles. The third kappa shape index (κ3) is 4.33. The number of aliphatic hydroxyl groups excluding tert-OH is 1. The van der Waals surface area contributed by atoms with Gasteiger partial charge in [0.05, 0.1) is 23.4 Å². The predicted octanol–water partition coefficient (Wildman–Crippen LogP) is 3.90. The van der Waals surface area contributed by atoms with Crippen molar-refractivity contribution < 1.29 is 13.9 Å². The Morgan fingerprint density at radius 3 is 2.71 bits per heavy atom. The summed E-state index contributed by atoms with van der Waals surface area (Å²) in [6.45, 7) is 0. The monoisotopic (exact) mass is 409 g/mol. The van der Waals surface area contributed by atoms with Crippen molar-refractivity contribution in [1.82, 2.24) is 9.97 Å². The fraction of sp³-hybridized carbons (Fsp3) is 0.600. The van der Waals surface area contributed by atoms with Crippen molar-refractivity contribution in [1.29, 1.82) is 0 Å². The van der Waals surface area contributed by atoms with E-state index in [-0.39, 0.29) is 23.0 Å². The third-order valence-corrected chi connectivity index (χ3v) is 7.08. The number of alkyl halides is 1. The van der Waals surface area contributed by atoms with E-state index in [2.05, 4.69) is 15.3 Å². The summed E-state index contributed by atoms with van der Waals surface area (Å²) in [5.74, 6) is 0.387. The van der Waals surface area contributed by atoms with Gasteiger partial charge in [0.1, 0.15) is 23.2 Å². The summed E-state index contributed by atoms with van der Waals surface area (Å²) in [6.07, 6.45) is 4.39. The number of halogens is 2. The second-order valence-corrected chi connectivity index (χ2v) is 9.09. The largest absolute Gasteiger partial charge is 0.393 e. The molecule has 1 aromatic heterocycles. The first-order chi connectivity index (χ1) is 13.5. The maximum atomic E-state index is 14.5. The maximum absolute atomic E-state index is 14.5. The molecule has 28 heavy (non-hydrogen) atoms. The molecular formula is C20H25F2N3O2S. The number of rotatable bonds is 5. The van der Waals surface area contributed by atoms with Crippen LogP contribution in [0.2, 0.25) is 0 Å². The normalized spacial score (nSPS) is 28.0. The molecule has 4 rings (SSSR count). The molecule has 0 spiro atoms. The standard InChI is InChI=1S/C20H25F2N3O2S/c21-14-2-1-3-16(14)23-11-8-15(22)19-17(9-11)24-18(25-20(19)27)10-28-13-6-4-12(26)5-7-13/h8-9,12-14,16,23,26H,1-7,10H2,(H,24,25,27)/t12-,13-,14-,16-/m1/s1. The van der Waals surface area contributed by atoms with Crippen LogP contribution in [-0.2, 0) is 5.75 Å². The SMILES string of the molecule is O=c1[nH]c(CS[C@H]2CC[C@H](O)CC2)nc2cc(N[C@@H]3CCC[C@H]3F)cc(F)c12. The number of hydrogen-bond donors (Lipinski definition) is 3. The molecule has 0 amide bonds. The Hall–Kier alpha value is -1.67. The van der Waals surface area contributed by atoms with Crippen LogP contribution >= 0.6 is 11.8 Å². The Morgan fingerprint density at radius 1 is 1.21 bits per heavy atom. The molecule has 2 aliphatic carbocycles. The molecule has 0 radical (unpaired) electrons. The summed E-state index contributed by atoms with van der Waals surface area (Å²) in [6, 6.07) is 2.55. The van der Waals surface area contributed by atoms with Gasteiger partial charge in [-0.2, -0.15) is 11.8 Å². The molecule has 5 nitrogen and oxygen atoms in total. The zero-order valence-electron chi connectivity index (χ0n) is 15.6. The number of aliphatic hydroxyl groups is 1. The van der Waals surface area contributed by atoms with Gasteiger partial charge in [0.2, 0.25) is 0 Å². The first-order valence-corrected chi connectivity index (χ1v) is 11.0. The van der Waals surface area contributed by atoms with Crippen molar-refractivity contribution in [3.8, 4) is 0 Å². The molecule has 0 bridgehead atoms. The molecule has 1 aromatic carbocycles. The summed E-state index contributed by atoms with van der Waals surface area (Å²) in [4.78, 5) is 19.5. The number of aromatic amines is 1. The van der Waals surface area contributed by atoms with Gasteiger partial charge in [-0.3, -0.25) is 4.79 Å². The van der Waals surface area contributed by atoms with Gasteiger partial charge >= 0.3 is 0 Å². The van der Waals surface area contributed by atoms with Gasteiger partial charge in [-0.15, -0.1) is 0 Å². The lowest BCUT2D eigenvalue weighted by atomic mass is 9.97. The van der Waals surface area contributed by atoms with Crippen molar-refractivity contribution in [3.63, 3.8) is 0 Å². The quantitative estimate of drug-likeness (QED) is 0.698. The maximum Gasteiger partial charge on any atom is 0.261 e. The summed E-state index contributed by atoms with van der Waals surface area (Å²) >= 11 is 1.70. The summed E-state index contributed by atoms with van der Waals surface area (Å²) < 4.78 is 28.4. The fourth-order valence-electron chi connectivity index (χ4n) is 4.12. The van der Waals surface area contributed by atoms with E-state index in [4.69, 9.17) is 0 Å². The molecule has 0 unspecified atom stereocenters. The van der Waals surface area contributed by atoms with Crippen LogP contribution in [0.5, 0.6) is 0 Å². The molecule has 2 aliphatic rings. The van der Waals surface area contributed by atoms with Crippen molar-refractivity contribution in [2.75, 3.05) is 5.32 Å². The highest BCUT2D eigenvalue weighted by Crippen LogP contribution is 2.31. The molecule has 2 fully saturated rings. The van der Waals surface area contributed by atoms with Crippen LogP contribution in [-0.4, -0.2) is 38.6 Å². The Bertz CT molecular complexity index is 899. The van der Waals surface area contributed by atoms with E-state index in [1.807, 2.05) is 0 Å². The second kappa shape index (κ2) is 8.37. The Labute approximate surface area is 166 Å². The summed E-state index contributed by atoms with van der Waals surface area (Å²) in [5, 5.41) is 13.0. The minimum absolute atomic E-state index is 0.0664. The van der Waals surface area contributed by atoms with Gasteiger partial charge in [-0.25, -0.2) is 13.8 Å². The molecule has 8 heteroatoms. The molecular weight excluding hydrogens is 384 g/mol. The highest BCUT2D eigenvalue weighted by atomic mass is 32.2. The number of nitrogens with one attached hydrogen (secondary N) is 2. The van der Waals surface area contributed by atoms with E-state index >= 15 is 0 Å². The molecule has 3 N–H and O–H groups in total. The van der Waals surface area contributed by atoms with E-state index in [1.54, 1.807) is 17.8 Å². The lowest BCUT2D eigenvalue weighted by molar-refractivity contribution is 0.132. The van der Waals surface area contributed by atoms with E-state index in [1.165, 1.54) is 6.07 Å². The molecule has 2 atom stereocenters. The molecule has 2 saturated carbocycles. The van der Waals surface area contributed by atoms with Gasteiger partial charge in [0, 0.05) is 10.9 Å².